The summed E-state index contributed by atoms with van der Waals surface area (Å²) >= 11 is 0. The fraction of sp³-hybridized carbons (Fsp3) is 0.850. The van der Waals surface area contributed by atoms with Crippen molar-refractivity contribution in [3.05, 3.63) is 48.6 Å². The molecule has 1 aliphatic heterocycles. The van der Waals surface area contributed by atoms with E-state index in [1.54, 1.807) is 6.08 Å². The average Bonchev–Trinajstić information content (AvgIpc) is 3.35. The number of aliphatic hydroxyl groups excluding tert-OH is 5. The highest BCUT2D eigenvalue weighted by Crippen LogP contribution is 2.23. The van der Waals surface area contributed by atoms with Crippen molar-refractivity contribution in [3.8, 4) is 0 Å². The van der Waals surface area contributed by atoms with Crippen molar-refractivity contribution in [2.75, 3.05) is 13.2 Å². The Bertz CT molecular complexity index is 1220. The quantitative estimate of drug-likeness (QED) is 0.0261. The number of ether oxygens (including phenoxy) is 2. The molecule has 0 radical (unpaired) electrons. The number of rotatable bonds is 50. The zero-order chi connectivity index (χ0) is 50.1. The summed E-state index contributed by atoms with van der Waals surface area (Å²) in [6.45, 7) is 3.77. The molecule has 0 aliphatic carbocycles. The van der Waals surface area contributed by atoms with E-state index >= 15 is 0 Å². The van der Waals surface area contributed by atoms with Crippen molar-refractivity contribution in [2.45, 2.75) is 314 Å². The lowest BCUT2D eigenvalue weighted by Crippen LogP contribution is -2.60. The van der Waals surface area contributed by atoms with E-state index in [-0.39, 0.29) is 12.5 Å². The molecule has 9 heteroatoms. The second-order valence-corrected chi connectivity index (χ2v) is 20.4. The topological polar surface area (TPSA) is 149 Å². The van der Waals surface area contributed by atoms with Crippen LogP contribution in [-0.2, 0) is 14.3 Å². The van der Waals surface area contributed by atoms with Gasteiger partial charge in [-0.3, -0.25) is 4.79 Å². The van der Waals surface area contributed by atoms with E-state index in [0.29, 0.717) is 6.42 Å². The van der Waals surface area contributed by atoms with Crippen LogP contribution in [0.1, 0.15) is 271 Å². The Kier molecular flexibility index (Phi) is 47.0. The van der Waals surface area contributed by atoms with E-state index in [9.17, 15) is 30.3 Å². The van der Waals surface area contributed by atoms with Crippen LogP contribution in [0.4, 0.5) is 0 Å². The van der Waals surface area contributed by atoms with Gasteiger partial charge in [-0.05, 0) is 70.6 Å². The van der Waals surface area contributed by atoms with Gasteiger partial charge in [0.1, 0.15) is 24.4 Å². The number of aliphatic hydroxyl groups is 5. The summed E-state index contributed by atoms with van der Waals surface area (Å²) in [5.41, 5.74) is 0. The van der Waals surface area contributed by atoms with Crippen LogP contribution in [0.5, 0.6) is 0 Å². The van der Waals surface area contributed by atoms with E-state index in [2.05, 4.69) is 55.6 Å². The van der Waals surface area contributed by atoms with E-state index in [4.69, 9.17) is 9.47 Å². The predicted molar refractivity (Wildman–Crippen MR) is 290 cm³/mol. The summed E-state index contributed by atoms with van der Waals surface area (Å²) in [6, 6.07) is -0.831. The molecular weight excluding hydrogens is 863 g/mol. The molecule has 6 N–H and O–H groups in total. The van der Waals surface area contributed by atoms with Crippen LogP contribution in [0, 0.1) is 0 Å². The number of hydrogen-bond donors (Lipinski definition) is 6. The van der Waals surface area contributed by atoms with Crippen LogP contribution in [0.3, 0.4) is 0 Å². The first-order valence-corrected chi connectivity index (χ1v) is 29.4. The smallest absolute Gasteiger partial charge is 0.220 e. The van der Waals surface area contributed by atoms with Gasteiger partial charge in [0.05, 0.1) is 25.4 Å². The molecule has 1 rings (SSSR count). The standard InChI is InChI=1S/C60H111NO8/c1-3-5-7-9-11-13-15-17-19-21-22-23-24-25-26-27-28-29-30-31-32-34-35-37-39-41-43-45-47-49-54(63)53(52-68-60-59(67)58(66)57(65)55(51-62)69-60)61-56(64)50-48-46-44-42-40-38-36-33-20-18-16-14-12-10-8-6-4-2/h18,20,32,34,39,41,47,49,53-55,57-60,62-63,65-67H,3-17,19,21-31,33,35-38,40,42-46,48,50-52H2,1-2H3,(H,61,64)/b20-18-,34-32+,41-39+,49-47+. The summed E-state index contributed by atoms with van der Waals surface area (Å²) in [6.07, 6.45) is 59.0. The zero-order valence-electron chi connectivity index (χ0n) is 44.8. The minimum absolute atomic E-state index is 0.194. The van der Waals surface area contributed by atoms with Crippen molar-refractivity contribution in [3.63, 3.8) is 0 Å². The van der Waals surface area contributed by atoms with E-state index in [1.165, 1.54) is 193 Å². The van der Waals surface area contributed by atoms with E-state index in [1.807, 2.05) is 6.08 Å². The Labute approximate surface area is 424 Å². The Morgan fingerprint density at radius 3 is 1.22 bits per heavy atom. The number of carbonyl (C=O) groups excluding carboxylic acids is 1. The van der Waals surface area contributed by atoms with Gasteiger partial charge in [0.15, 0.2) is 6.29 Å². The molecule has 0 aromatic rings. The van der Waals surface area contributed by atoms with Gasteiger partial charge >= 0.3 is 0 Å². The fourth-order valence-electron chi connectivity index (χ4n) is 9.18. The molecule has 1 heterocycles. The third-order valence-corrected chi connectivity index (χ3v) is 13.9. The third kappa shape index (κ3) is 39.4. The van der Waals surface area contributed by atoms with Crippen LogP contribution in [0.2, 0.25) is 0 Å². The number of nitrogens with one attached hydrogen (secondary N) is 1. The maximum absolute atomic E-state index is 13.0. The molecule has 0 aromatic carbocycles. The lowest BCUT2D eigenvalue weighted by molar-refractivity contribution is -0.302. The van der Waals surface area contributed by atoms with Crippen molar-refractivity contribution >= 4 is 5.91 Å². The molecule has 1 fully saturated rings. The van der Waals surface area contributed by atoms with Gasteiger partial charge in [0.2, 0.25) is 5.91 Å². The summed E-state index contributed by atoms with van der Waals surface area (Å²) in [5, 5.41) is 54.5. The van der Waals surface area contributed by atoms with E-state index in [0.717, 1.165) is 57.8 Å². The summed E-state index contributed by atoms with van der Waals surface area (Å²) in [7, 11) is 0. The second kappa shape index (κ2) is 49.7. The molecular formula is C60H111NO8. The van der Waals surface area contributed by atoms with Gasteiger partial charge in [-0.1, -0.05) is 242 Å². The number of hydrogen-bond acceptors (Lipinski definition) is 8. The molecule has 0 aromatic heterocycles. The van der Waals surface area contributed by atoms with E-state index < -0.39 is 49.5 Å². The average molecular weight is 975 g/mol. The zero-order valence-corrected chi connectivity index (χ0v) is 44.8. The highest BCUT2D eigenvalue weighted by molar-refractivity contribution is 5.76. The summed E-state index contributed by atoms with van der Waals surface area (Å²) in [4.78, 5) is 13.0. The lowest BCUT2D eigenvalue weighted by Gasteiger charge is -2.40. The fourth-order valence-corrected chi connectivity index (χ4v) is 9.18. The van der Waals surface area contributed by atoms with Crippen molar-refractivity contribution in [1.29, 1.82) is 0 Å². The highest BCUT2D eigenvalue weighted by Gasteiger charge is 2.44. The maximum atomic E-state index is 13.0. The molecule has 0 spiro atoms. The molecule has 1 amide bonds. The number of carbonyl (C=O) groups is 1. The molecule has 0 saturated carbocycles. The van der Waals surface area contributed by atoms with Gasteiger partial charge in [0, 0.05) is 6.42 Å². The molecule has 69 heavy (non-hydrogen) atoms. The Morgan fingerprint density at radius 1 is 0.478 bits per heavy atom. The molecule has 1 saturated heterocycles. The van der Waals surface area contributed by atoms with Gasteiger partial charge in [0.25, 0.3) is 0 Å². The predicted octanol–water partition coefficient (Wildman–Crippen LogP) is 14.5. The normalized spacial score (nSPS) is 19.8. The van der Waals surface area contributed by atoms with Crippen LogP contribution in [0.25, 0.3) is 0 Å². The number of allylic oxidation sites excluding steroid dienone is 7. The van der Waals surface area contributed by atoms with Crippen LogP contribution >= 0.6 is 0 Å². The minimum atomic E-state index is -1.58. The van der Waals surface area contributed by atoms with Crippen LogP contribution in [-0.4, -0.2) is 87.5 Å². The van der Waals surface area contributed by atoms with Crippen molar-refractivity contribution in [1.82, 2.24) is 5.32 Å². The van der Waals surface area contributed by atoms with Crippen molar-refractivity contribution < 1.29 is 39.8 Å². The Morgan fingerprint density at radius 2 is 0.826 bits per heavy atom. The first kappa shape index (κ1) is 65.2. The third-order valence-electron chi connectivity index (χ3n) is 13.9. The maximum Gasteiger partial charge on any atom is 0.220 e. The molecule has 0 bridgehead atoms. The molecule has 404 valence electrons. The van der Waals surface area contributed by atoms with Crippen molar-refractivity contribution in [2.24, 2.45) is 0 Å². The molecule has 7 atom stereocenters. The first-order valence-electron chi connectivity index (χ1n) is 29.4. The SMILES string of the molecule is CCCCCCCC/C=C\CCCCCCCCCC(=O)NC(COC1OC(CO)C(O)C(O)C1O)C(O)/C=C/CC/C=C/CC/C=C/CCCCCCCCCCCCCCCCCCCCC. The largest absolute Gasteiger partial charge is 0.394 e. The molecule has 7 unspecified atom stereocenters. The van der Waals surface area contributed by atoms with Gasteiger partial charge in [-0.15, -0.1) is 0 Å². The monoisotopic (exact) mass is 974 g/mol. The summed E-state index contributed by atoms with van der Waals surface area (Å²) in [5.74, 6) is -0.194. The Balaban J connectivity index is 2.24. The van der Waals surface area contributed by atoms with Crippen LogP contribution < -0.4 is 5.32 Å². The van der Waals surface area contributed by atoms with Crippen LogP contribution in [0.15, 0.2) is 48.6 Å². The van der Waals surface area contributed by atoms with Gasteiger partial charge in [-0.2, -0.15) is 0 Å². The highest BCUT2D eigenvalue weighted by atomic mass is 16.7. The summed E-state index contributed by atoms with van der Waals surface area (Å²) < 4.78 is 11.2. The number of unbranched alkanes of at least 4 members (excludes halogenated alkanes) is 34. The second-order valence-electron chi connectivity index (χ2n) is 20.4. The Hall–Kier alpha value is -1.85. The molecule has 1 aliphatic rings. The number of amides is 1. The van der Waals surface area contributed by atoms with Gasteiger partial charge in [-0.25, -0.2) is 0 Å². The minimum Gasteiger partial charge on any atom is -0.394 e. The lowest BCUT2D eigenvalue weighted by atomic mass is 9.99. The first-order chi connectivity index (χ1) is 33.8. The van der Waals surface area contributed by atoms with Gasteiger partial charge < -0.3 is 40.3 Å². The molecule has 9 nitrogen and oxygen atoms in total.